The van der Waals surface area contributed by atoms with Crippen LogP contribution >= 0.6 is 39.1 Å². The van der Waals surface area contributed by atoms with Crippen LogP contribution in [0.1, 0.15) is 5.56 Å². The number of hydrogen-bond donors (Lipinski definition) is 1. The second-order valence-corrected chi connectivity index (χ2v) is 7.54. The molecule has 0 aliphatic carbocycles. The summed E-state index contributed by atoms with van der Waals surface area (Å²) in [5.74, 6) is 0. The van der Waals surface area contributed by atoms with Gasteiger partial charge in [0.2, 0.25) is 0 Å². The summed E-state index contributed by atoms with van der Waals surface area (Å²) in [5.41, 5.74) is -1.43. The van der Waals surface area contributed by atoms with Gasteiger partial charge in [-0.05, 0) is 40.2 Å². The molecule has 0 radical (unpaired) electrons. The van der Waals surface area contributed by atoms with E-state index in [-0.39, 0.29) is 19.5 Å². The van der Waals surface area contributed by atoms with Crippen molar-refractivity contribution in [3.8, 4) is 0 Å². The number of benzene rings is 1. The van der Waals surface area contributed by atoms with Gasteiger partial charge >= 0.3 is 6.18 Å². The molecule has 0 aliphatic heterocycles. The number of sulfonamides is 1. The maximum atomic E-state index is 12.7. The van der Waals surface area contributed by atoms with Crippen LogP contribution in [0.3, 0.4) is 0 Å². The van der Waals surface area contributed by atoms with Crippen LogP contribution in [0.4, 0.5) is 18.9 Å². The summed E-state index contributed by atoms with van der Waals surface area (Å²) in [4.78, 5) is 3.36. The minimum Gasteiger partial charge on any atom is -0.278 e. The maximum absolute atomic E-state index is 12.7. The van der Waals surface area contributed by atoms with Crippen LogP contribution in [-0.2, 0) is 16.2 Å². The highest BCUT2D eigenvalue weighted by Crippen LogP contribution is 2.34. The van der Waals surface area contributed by atoms with Gasteiger partial charge in [0, 0.05) is 6.20 Å². The van der Waals surface area contributed by atoms with E-state index in [1.807, 2.05) is 4.72 Å². The van der Waals surface area contributed by atoms with E-state index in [4.69, 9.17) is 23.2 Å². The molecule has 0 atom stereocenters. The third-order valence-corrected chi connectivity index (χ3v) is 5.42. The molecule has 4 nitrogen and oxygen atoms in total. The third kappa shape index (κ3) is 4.28. The molecule has 124 valence electrons. The second kappa shape index (κ2) is 6.46. The highest BCUT2D eigenvalue weighted by atomic mass is 79.9. The SMILES string of the molecule is O=S(=O)(Nc1cc(C(F)(F)F)ccc1Cl)c1cnc(Cl)c(Br)c1. The summed E-state index contributed by atoms with van der Waals surface area (Å²) >= 11 is 14.4. The molecular weight excluding hydrogens is 444 g/mol. The monoisotopic (exact) mass is 448 g/mol. The molecular formula is C12H6BrCl2F3N2O2S. The first-order chi connectivity index (χ1) is 10.5. The van der Waals surface area contributed by atoms with Crippen molar-refractivity contribution >= 4 is 54.8 Å². The quantitative estimate of drug-likeness (QED) is 0.673. The number of anilines is 1. The number of alkyl halides is 3. The fraction of sp³-hybridized carbons (Fsp3) is 0.0833. The van der Waals surface area contributed by atoms with Crippen molar-refractivity contribution in [3.05, 3.63) is 50.7 Å². The van der Waals surface area contributed by atoms with Crippen LogP contribution in [-0.4, -0.2) is 13.4 Å². The minimum atomic E-state index is -4.63. The smallest absolute Gasteiger partial charge is 0.278 e. The molecule has 2 rings (SSSR count). The van der Waals surface area contributed by atoms with E-state index in [1.165, 1.54) is 6.07 Å². The lowest BCUT2D eigenvalue weighted by atomic mass is 10.2. The van der Waals surface area contributed by atoms with E-state index < -0.39 is 27.5 Å². The van der Waals surface area contributed by atoms with Crippen molar-refractivity contribution in [2.24, 2.45) is 0 Å². The first-order valence-electron chi connectivity index (χ1n) is 5.71. The van der Waals surface area contributed by atoms with Crippen LogP contribution in [0.2, 0.25) is 10.2 Å². The van der Waals surface area contributed by atoms with Crippen molar-refractivity contribution in [1.82, 2.24) is 4.98 Å². The number of rotatable bonds is 3. The van der Waals surface area contributed by atoms with Gasteiger partial charge in [-0.15, -0.1) is 0 Å². The number of nitrogens with zero attached hydrogens (tertiary/aromatic N) is 1. The van der Waals surface area contributed by atoms with Crippen molar-refractivity contribution < 1.29 is 21.6 Å². The number of halogens is 6. The molecule has 1 aromatic carbocycles. The zero-order valence-electron chi connectivity index (χ0n) is 10.8. The molecule has 0 bridgehead atoms. The van der Waals surface area contributed by atoms with Crippen LogP contribution in [0.5, 0.6) is 0 Å². The lowest BCUT2D eigenvalue weighted by Gasteiger charge is -2.13. The summed E-state index contributed by atoms with van der Waals surface area (Å²) in [7, 11) is -4.19. The van der Waals surface area contributed by atoms with Gasteiger partial charge in [-0.3, -0.25) is 4.72 Å². The predicted molar refractivity (Wildman–Crippen MR) is 84.2 cm³/mol. The zero-order chi connectivity index (χ0) is 17.4. The Morgan fingerprint density at radius 1 is 1.17 bits per heavy atom. The summed E-state index contributed by atoms with van der Waals surface area (Å²) in [6, 6.07) is 3.48. The second-order valence-electron chi connectivity index (χ2n) is 4.24. The third-order valence-electron chi connectivity index (χ3n) is 2.62. The molecule has 0 spiro atoms. The van der Waals surface area contributed by atoms with Crippen LogP contribution in [0.15, 0.2) is 39.8 Å². The van der Waals surface area contributed by atoms with E-state index in [1.54, 1.807) is 0 Å². The Balaban J connectivity index is 2.42. The average molecular weight is 450 g/mol. The molecule has 1 heterocycles. The molecule has 2 aromatic rings. The van der Waals surface area contributed by atoms with Gasteiger partial charge in [-0.25, -0.2) is 13.4 Å². The van der Waals surface area contributed by atoms with E-state index in [0.717, 1.165) is 18.3 Å². The molecule has 0 aliphatic rings. The molecule has 0 saturated carbocycles. The van der Waals surface area contributed by atoms with E-state index in [9.17, 15) is 21.6 Å². The predicted octanol–water partition coefficient (Wildman–Crippen LogP) is 4.97. The first-order valence-corrected chi connectivity index (χ1v) is 8.74. The summed E-state index contributed by atoms with van der Waals surface area (Å²) in [6.07, 6.45) is -3.66. The van der Waals surface area contributed by atoms with Gasteiger partial charge in [0.25, 0.3) is 10.0 Å². The van der Waals surface area contributed by atoms with Gasteiger partial charge in [-0.2, -0.15) is 13.2 Å². The minimum absolute atomic E-state index is 0.0426. The van der Waals surface area contributed by atoms with Gasteiger partial charge in [0.15, 0.2) is 0 Å². The fourth-order valence-corrected chi connectivity index (χ4v) is 3.40. The Labute approximate surface area is 147 Å². The van der Waals surface area contributed by atoms with Crippen molar-refractivity contribution in [1.29, 1.82) is 0 Å². The van der Waals surface area contributed by atoms with Gasteiger partial charge in [0.05, 0.1) is 20.7 Å². The Morgan fingerprint density at radius 2 is 1.83 bits per heavy atom. The first kappa shape index (κ1) is 18.3. The molecule has 1 aromatic heterocycles. The highest BCUT2D eigenvalue weighted by Gasteiger charge is 2.31. The molecule has 0 fully saturated rings. The maximum Gasteiger partial charge on any atom is 0.416 e. The summed E-state index contributed by atoms with van der Waals surface area (Å²) in [5, 5.41) is -0.136. The largest absolute Gasteiger partial charge is 0.416 e. The molecule has 11 heteroatoms. The topological polar surface area (TPSA) is 59.1 Å². The summed E-state index contributed by atoms with van der Waals surface area (Å²) < 4.78 is 64.8. The highest BCUT2D eigenvalue weighted by molar-refractivity contribution is 9.10. The summed E-state index contributed by atoms with van der Waals surface area (Å²) in [6.45, 7) is 0. The molecule has 0 amide bonds. The average Bonchev–Trinajstić information content (AvgIpc) is 2.42. The van der Waals surface area contributed by atoms with Crippen molar-refractivity contribution in [2.75, 3.05) is 4.72 Å². The van der Waals surface area contributed by atoms with Gasteiger partial charge < -0.3 is 0 Å². The van der Waals surface area contributed by atoms with Crippen molar-refractivity contribution in [2.45, 2.75) is 11.1 Å². The van der Waals surface area contributed by atoms with Crippen molar-refractivity contribution in [3.63, 3.8) is 0 Å². The number of aromatic nitrogens is 1. The Bertz CT molecular complexity index is 860. The lowest BCUT2D eigenvalue weighted by Crippen LogP contribution is -2.15. The Hall–Kier alpha value is -1.03. The van der Waals surface area contributed by atoms with E-state index in [0.29, 0.717) is 6.07 Å². The molecule has 1 N–H and O–H groups in total. The fourth-order valence-electron chi connectivity index (χ4n) is 1.53. The van der Waals surface area contributed by atoms with Crippen LogP contribution in [0.25, 0.3) is 0 Å². The van der Waals surface area contributed by atoms with Gasteiger partial charge in [0.1, 0.15) is 10.0 Å². The van der Waals surface area contributed by atoms with Gasteiger partial charge in [-0.1, -0.05) is 23.2 Å². The lowest BCUT2D eigenvalue weighted by molar-refractivity contribution is -0.137. The van der Waals surface area contributed by atoms with E-state index >= 15 is 0 Å². The number of pyridine rings is 1. The molecule has 23 heavy (non-hydrogen) atoms. The van der Waals surface area contributed by atoms with Crippen LogP contribution in [0, 0.1) is 0 Å². The van der Waals surface area contributed by atoms with Crippen LogP contribution < -0.4 is 4.72 Å². The Kier molecular flexibility index (Phi) is 5.15. The standard InChI is InChI=1S/C12H6BrCl2F3N2O2S/c13-8-4-7(5-19-11(8)15)23(21,22)20-10-3-6(12(16,17)18)1-2-9(10)14/h1-5,20H. The Morgan fingerprint density at radius 3 is 2.39 bits per heavy atom. The normalized spacial score (nSPS) is 12.3. The number of hydrogen-bond acceptors (Lipinski definition) is 3. The number of nitrogens with one attached hydrogen (secondary N) is 1. The molecule has 0 unspecified atom stereocenters. The molecule has 0 saturated heterocycles. The van der Waals surface area contributed by atoms with E-state index in [2.05, 4.69) is 20.9 Å². The zero-order valence-corrected chi connectivity index (χ0v) is 14.7.